The summed E-state index contributed by atoms with van der Waals surface area (Å²) >= 11 is 3.39. The van der Waals surface area contributed by atoms with Crippen LogP contribution in [0.2, 0.25) is 0 Å². The molecule has 0 aromatic carbocycles. The normalized spacial score (nSPS) is 11.2. The highest BCUT2D eigenvalue weighted by Crippen LogP contribution is 2.45. The zero-order valence-corrected chi connectivity index (χ0v) is 17.9. The number of nitrogen functional groups attached to an aromatic ring is 1. The van der Waals surface area contributed by atoms with Gasteiger partial charge in [0.05, 0.1) is 15.6 Å². The molecule has 0 aliphatic heterocycles. The summed E-state index contributed by atoms with van der Waals surface area (Å²) in [5.74, 6) is 0.952. The van der Waals surface area contributed by atoms with Gasteiger partial charge in [-0.1, -0.05) is 0 Å². The molecule has 4 rings (SSSR count). The number of rotatable bonds is 7. The number of nitrogens with two attached hydrogens (primary N) is 1. The quantitative estimate of drug-likeness (QED) is 0.336. The molecule has 2 N–H and O–H groups in total. The maximum Gasteiger partial charge on any atom is 0.127 e. The molecule has 0 aliphatic rings. The number of ether oxygens (including phenoxy) is 1. The summed E-state index contributed by atoms with van der Waals surface area (Å²) in [5, 5.41) is 0.996. The van der Waals surface area contributed by atoms with Gasteiger partial charge in [0.25, 0.3) is 0 Å². The molecule has 0 saturated heterocycles. The minimum atomic E-state index is 0.746. The molecule has 4 heterocycles. The molecular formula is C21H21N5OS2. The number of pyridine rings is 2. The zero-order valence-electron chi connectivity index (χ0n) is 16.3. The van der Waals surface area contributed by atoms with Crippen LogP contribution in [0.25, 0.3) is 32.6 Å². The Morgan fingerprint density at radius 3 is 2.76 bits per heavy atom. The molecular weight excluding hydrogens is 402 g/mol. The van der Waals surface area contributed by atoms with Crippen molar-refractivity contribution < 1.29 is 4.74 Å². The second-order valence-corrected chi connectivity index (χ2v) is 8.91. The van der Waals surface area contributed by atoms with Crippen molar-refractivity contribution in [2.45, 2.75) is 17.6 Å². The molecule has 4 aromatic heterocycles. The van der Waals surface area contributed by atoms with Crippen molar-refractivity contribution in [1.82, 2.24) is 19.9 Å². The molecule has 0 radical (unpaired) electrons. The first-order valence-electron chi connectivity index (χ1n) is 9.20. The molecule has 29 heavy (non-hydrogen) atoms. The lowest BCUT2D eigenvalue weighted by Gasteiger charge is -2.09. The second kappa shape index (κ2) is 8.86. The van der Waals surface area contributed by atoms with Crippen LogP contribution in [0.5, 0.6) is 0 Å². The largest absolute Gasteiger partial charge is 0.397 e. The van der Waals surface area contributed by atoms with Crippen LogP contribution in [-0.2, 0) is 4.74 Å². The van der Waals surface area contributed by atoms with Crippen LogP contribution in [0.4, 0.5) is 5.69 Å². The molecule has 0 aliphatic carbocycles. The number of methoxy groups -OCH3 is 1. The smallest absolute Gasteiger partial charge is 0.127 e. The topological polar surface area (TPSA) is 86.8 Å². The van der Waals surface area contributed by atoms with Crippen molar-refractivity contribution in [3.63, 3.8) is 0 Å². The molecule has 0 saturated carbocycles. The lowest BCUT2D eigenvalue weighted by Crippen LogP contribution is -1.93. The van der Waals surface area contributed by atoms with Gasteiger partial charge in [0.15, 0.2) is 0 Å². The Labute approximate surface area is 177 Å². The number of anilines is 1. The summed E-state index contributed by atoms with van der Waals surface area (Å²) < 4.78 is 6.25. The van der Waals surface area contributed by atoms with E-state index in [0.717, 1.165) is 67.0 Å². The van der Waals surface area contributed by atoms with Crippen LogP contribution in [0.3, 0.4) is 0 Å². The standard InChI is InChI=1S/C21H21N5OS2/c1-13-8-14(4-5-25-13)16-9-17(15-10-23-12-24-11-15)26-20-18(16)19(22)21(29-20)28-7-3-6-27-2/h4-5,8-12H,3,6-7,22H2,1-2H3. The van der Waals surface area contributed by atoms with Crippen LogP contribution in [-0.4, -0.2) is 39.4 Å². The Kier molecular flexibility index (Phi) is 6.03. The lowest BCUT2D eigenvalue weighted by molar-refractivity contribution is 0.200. The van der Waals surface area contributed by atoms with E-state index in [0.29, 0.717) is 0 Å². The maximum absolute atomic E-state index is 6.60. The highest BCUT2D eigenvalue weighted by molar-refractivity contribution is 8.01. The first-order chi connectivity index (χ1) is 14.2. The van der Waals surface area contributed by atoms with Crippen molar-refractivity contribution in [2.24, 2.45) is 0 Å². The van der Waals surface area contributed by atoms with E-state index in [1.807, 2.05) is 19.2 Å². The van der Waals surface area contributed by atoms with Gasteiger partial charge in [0.2, 0.25) is 0 Å². The molecule has 0 spiro atoms. The van der Waals surface area contributed by atoms with Crippen LogP contribution < -0.4 is 5.73 Å². The summed E-state index contributed by atoms with van der Waals surface area (Å²) in [6.07, 6.45) is 7.88. The van der Waals surface area contributed by atoms with Crippen molar-refractivity contribution in [2.75, 3.05) is 25.2 Å². The van der Waals surface area contributed by atoms with Crippen LogP contribution in [0.1, 0.15) is 12.1 Å². The van der Waals surface area contributed by atoms with Gasteiger partial charge in [-0.3, -0.25) is 4.98 Å². The van der Waals surface area contributed by atoms with Gasteiger partial charge in [0.1, 0.15) is 11.2 Å². The fourth-order valence-corrected chi connectivity index (χ4v) is 5.38. The summed E-state index contributed by atoms with van der Waals surface area (Å²) in [6.45, 7) is 2.73. The fourth-order valence-electron chi connectivity index (χ4n) is 3.10. The number of hydrogen-bond acceptors (Lipinski definition) is 8. The third kappa shape index (κ3) is 4.24. The Hall–Kier alpha value is -2.55. The van der Waals surface area contributed by atoms with Crippen molar-refractivity contribution in [3.05, 3.63) is 48.8 Å². The van der Waals surface area contributed by atoms with Crippen molar-refractivity contribution in [3.8, 4) is 22.4 Å². The summed E-state index contributed by atoms with van der Waals surface area (Å²) in [6, 6.07) is 6.15. The number of aryl methyl sites for hydroxylation is 1. The molecule has 148 valence electrons. The Morgan fingerprint density at radius 2 is 2.00 bits per heavy atom. The van der Waals surface area contributed by atoms with E-state index in [9.17, 15) is 0 Å². The van der Waals surface area contributed by atoms with Crippen molar-refractivity contribution >= 4 is 39.0 Å². The molecule has 4 aromatic rings. The van der Waals surface area contributed by atoms with E-state index in [2.05, 4.69) is 27.1 Å². The van der Waals surface area contributed by atoms with Gasteiger partial charge in [0, 0.05) is 54.7 Å². The van der Waals surface area contributed by atoms with Crippen molar-refractivity contribution in [1.29, 1.82) is 0 Å². The summed E-state index contributed by atoms with van der Waals surface area (Å²) in [5.41, 5.74) is 12.2. The third-order valence-electron chi connectivity index (χ3n) is 4.45. The van der Waals surface area contributed by atoms with Gasteiger partial charge >= 0.3 is 0 Å². The first-order valence-corrected chi connectivity index (χ1v) is 11.0. The highest BCUT2D eigenvalue weighted by Gasteiger charge is 2.18. The Balaban J connectivity index is 1.86. The number of fused-ring (bicyclic) bond motifs is 1. The highest BCUT2D eigenvalue weighted by atomic mass is 32.2. The Bertz CT molecular complexity index is 1130. The van der Waals surface area contributed by atoms with E-state index in [4.69, 9.17) is 15.5 Å². The predicted octanol–water partition coefficient (Wildman–Crippen LogP) is 4.83. The minimum absolute atomic E-state index is 0.746. The molecule has 6 nitrogen and oxygen atoms in total. The average molecular weight is 424 g/mol. The first kappa shape index (κ1) is 19.8. The lowest BCUT2D eigenvalue weighted by atomic mass is 10.0. The van der Waals surface area contributed by atoms with Gasteiger partial charge in [-0.2, -0.15) is 0 Å². The van der Waals surface area contributed by atoms with E-state index in [-0.39, 0.29) is 0 Å². The van der Waals surface area contributed by atoms with Gasteiger partial charge in [-0.05, 0) is 42.7 Å². The van der Waals surface area contributed by atoms with Crippen LogP contribution >= 0.6 is 23.1 Å². The van der Waals surface area contributed by atoms with E-state index in [1.165, 1.54) is 6.33 Å². The van der Waals surface area contributed by atoms with E-state index < -0.39 is 0 Å². The van der Waals surface area contributed by atoms with Gasteiger partial charge in [-0.15, -0.1) is 23.1 Å². The van der Waals surface area contributed by atoms with Crippen LogP contribution in [0.15, 0.2) is 47.3 Å². The molecule has 0 unspecified atom stereocenters. The average Bonchev–Trinajstić information content (AvgIpc) is 3.07. The molecule has 0 atom stereocenters. The number of hydrogen-bond donors (Lipinski definition) is 1. The molecule has 0 amide bonds. The molecule has 0 bridgehead atoms. The second-order valence-electron chi connectivity index (χ2n) is 6.55. The Morgan fingerprint density at radius 1 is 1.17 bits per heavy atom. The number of nitrogens with zero attached hydrogens (tertiary/aromatic N) is 4. The predicted molar refractivity (Wildman–Crippen MR) is 120 cm³/mol. The number of thiophene rings is 1. The van der Waals surface area contributed by atoms with E-state index in [1.54, 1.807) is 42.6 Å². The monoisotopic (exact) mass is 423 g/mol. The minimum Gasteiger partial charge on any atom is -0.397 e. The van der Waals surface area contributed by atoms with Gasteiger partial charge < -0.3 is 10.5 Å². The zero-order chi connectivity index (χ0) is 20.2. The number of aromatic nitrogens is 4. The number of thioether (sulfide) groups is 1. The summed E-state index contributed by atoms with van der Waals surface area (Å²) in [7, 11) is 1.72. The maximum atomic E-state index is 6.60. The van der Waals surface area contributed by atoms with E-state index >= 15 is 0 Å². The third-order valence-corrected chi connectivity index (χ3v) is 6.93. The summed E-state index contributed by atoms with van der Waals surface area (Å²) in [4.78, 5) is 18.4. The van der Waals surface area contributed by atoms with Crippen LogP contribution in [0, 0.1) is 6.92 Å². The fraction of sp³-hybridized carbons (Fsp3) is 0.238. The molecule has 0 fully saturated rings. The molecule has 8 heteroatoms. The van der Waals surface area contributed by atoms with Gasteiger partial charge in [-0.25, -0.2) is 15.0 Å². The SMILES string of the molecule is COCCCSc1sc2nc(-c3cncnc3)cc(-c3ccnc(C)c3)c2c1N.